The largest absolute Gasteiger partial charge is 0.276 e. The summed E-state index contributed by atoms with van der Waals surface area (Å²) in [5.74, 6) is 5.59. The minimum absolute atomic E-state index is 0.0540. The van der Waals surface area contributed by atoms with Crippen molar-refractivity contribution in [3.05, 3.63) is 46.5 Å². The fraction of sp³-hybridized carbons (Fsp3) is 0.333. The minimum atomic E-state index is 0.0540. The lowest BCUT2D eigenvalue weighted by molar-refractivity contribution is 0.504. The third kappa shape index (κ3) is 3.38. The van der Waals surface area contributed by atoms with E-state index in [2.05, 4.69) is 31.4 Å². The Morgan fingerprint density at radius 1 is 1.44 bits per heavy atom. The van der Waals surface area contributed by atoms with Crippen LogP contribution in [-0.4, -0.2) is 14.8 Å². The van der Waals surface area contributed by atoms with Crippen LogP contribution in [-0.2, 0) is 13.5 Å². The van der Waals surface area contributed by atoms with Gasteiger partial charge in [0.15, 0.2) is 0 Å². The van der Waals surface area contributed by atoms with Crippen LogP contribution in [0.1, 0.15) is 23.7 Å². The van der Waals surface area contributed by atoms with Crippen molar-refractivity contribution in [3.8, 4) is 0 Å². The summed E-state index contributed by atoms with van der Waals surface area (Å²) in [5.41, 5.74) is 4.96. The zero-order chi connectivity index (χ0) is 13.0. The molecule has 0 bridgehead atoms. The molecular formula is C12H16BrN5. The summed E-state index contributed by atoms with van der Waals surface area (Å²) in [6, 6.07) is 3.99. The number of nitrogens with two attached hydrogens (primary N) is 1. The fourth-order valence-corrected chi connectivity index (χ4v) is 2.06. The molecule has 0 aliphatic rings. The van der Waals surface area contributed by atoms with Crippen molar-refractivity contribution in [2.75, 3.05) is 0 Å². The van der Waals surface area contributed by atoms with Gasteiger partial charge in [0.2, 0.25) is 0 Å². The van der Waals surface area contributed by atoms with Crippen LogP contribution in [0.25, 0.3) is 0 Å². The summed E-state index contributed by atoms with van der Waals surface area (Å²) in [6.45, 7) is 0. The first-order valence-electron chi connectivity index (χ1n) is 5.74. The van der Waals surface area contributed by atoms with Crippen LogP contribution in [0, 0.1) is 0 Å². The van der Waals surface area contributed by atoms with E-state index in [1.54, 1.807) is 10.9 Å². The van der Waals surface area contributed by atoms with Crippen molar-refractivity contribution in [1.29, 1.82) is 0 Å². The highest BCUT2D eigenvalue weighted by atomic mass is 79.9. The second kappa shape index (κ2) is 6.08. The van der Waals surface area contributed by atoms with Gasteiger partial charge < -0.3 is 0 Å². The molecule has 0 spiro atoms. The van der Waals surface area contributed by atoms with Gasteiger partial charge in [-0.05, 0) is 46.5 Å². The molecule has 2 aromatic rings. The summed E-state index contributed by atoms with van der Waals surface area (Å²) < 4.78 is 2.77. The molecule has 5 nitrogen and oxygen atoms in total. The monoisotopic (exact) mass is 309 g/mol. The fourth-order valence-electron chi connectivity index (χ4n) is 1.82. The summed E-state index contributed by atoms with van der Waals surface area (Å²) in [6.07, 6.45) is 7.48. The average molecular weight is 310 g/mol. The number of halogens is 1. The number of hydrogen-bond acceptors (Lipinski definition) is 4. The first-order chi connectivity index (χ1) is 8.69. The van der Waals surface area contributed by atoms with Crippen molar-refractivity contribution >= 4 is 15.9 Å². The number of aryl methyl sites for hydroxylation is 2. The maximum Gasteiger partial charge on any atom is 0.0635 e. The van der Waals surface area contributed by atoms with Gasteiger partial charge in [0.25, 0.3) is 0 Å². The van der Waals surface area contributed by atoms with E-state index < -0.39 is 0 Å². The van der Waals surface area contributed by atoms with Gasteiger partial charge in [0.05, 0.1) is 17.9 Å². The molecule has 96 valence electrons. The van der Waals surface area contributed by atoms with E-state index in [4.69, 9.17) is 5.84 Å². The molecule has 0 saturated heterocycles. The highest BCUT2D eigenvalue weighted by Crippen LogP contribution is 2.18. The first-order valence-corrected chi connectivity index (χ1v) is 6.53. The van der Waals surface area contributed by atoms with Gasteiger partial charge in [-0.15, -0.1) is 0 Å². The number of hydrogen-bond donors (Lipinski definition) is 2. The van der Waals surface area contributed by atoms with Crippen LogP contribution >= 0.6 is 15.9 Å². The van der Waals surface area contributed by atoms with Gasteiger partial charge in [-0.3, -0.25) is 20.9 Å². The number of hydrazine groups is 1. The summed E-state index contributed by atoms with van der Waals surface area (Å²) in [7, 11) is 1.92. The summed E-state index contributed by atoms with van der Waals surface area (Å²) in [4.78, 5) is 4.36. The van der Waals surface area contributed by atoms with Crippen LogP contribution in [0.15, 0.2) is 35.2 Å². The van der Waals surface area contributed by atoms with Gasteiger partial charge >= 0.3 is 0 Å². The predicted molar refractivity (Wildman–Crippen MR) is 73.5 cm³/mol. The van der Waals surface area contributed by atoms with Crippen molar-refractivity contribution in [2.45, 2.75) is 18.9 Å². The van der Waals surface area contributed by atoms with Gasteiger partial charge in [0, 0.05) is 23.9 Å². The van der Waals surface area contributed by atoms with Crippen LogP contribution in [0.3, 0.4) is 0 Å². The lowest BCUT2D eigenvalue weighted by atomic mass is 10.1. The number of nitrogens with one attached hydrogen (secondary N) is 1. The number of pyridine rings is 1. The molecular weight excluding hydrogens is 294 g/mol. The second-order valence-corrected chi connectivity index (χ2v) is 5.10. The Balaban J connectivity index is 1.99. The Morgan fingerprint density at radius 2 is 2.28 bits per heavy atom. The van der Waals surface area contributed by atoms with Crippen LogP contribution < -0.4 is 11.3 Å². The molecule has 6 heteroatoms. The number of nitrogens with zero attached hydrogens (tertiary/aromatic N) is 3. The number of aromatic nitrogens is 3. The zero-order valence-corrected chi connectivity index (χ0v) is 11.8. The quantitative estimate of drug-likeness (QED) is 0.652. The Labute approximate surface area is 115 Å². The van der Waals surface area contributed by atoms with Gasteiger partial charge in [-0.1, -0.05) is 0 Å². The third-order valence-corrected chi connectivity index (χ3v) is 3.26. The van der Waals surface area contributed by atoms with Gasteiger partial charge in [-0.25, -0.2) is 0 Å². The maximum atomic E-state index is 5.59. The second-order valence-electron chi connectivity index (χ2n) is 4.18. The van der Waals surface area contributed by atoms with Crippen molar-refractivity contribution < 1.29 is 0 Å². The normalized spacial score (nSPS) is 12.6. The molecule has 0 amide bonds. The SMILES string of the molecule is Cn1cc(CCC(NN)c2ccc(Br)cn2)cn1. The van der Waals surface area contributed by atoms with Crippen molar-refractivity contribution in [3.63, 3.8) is 0 Å². The molecule has 0 aromatic carbocycles. The Hall–Kier alpha value is -1.24. The Morgan fingerprint density at radius 3 is 2.83 bits per heavy atom. The molecule has 3 N–H and O–H groups in total. The van der Waals surface area contributed by atoms with E-state index in [0.29, 0.717) is 0 Å². The summed E-state index contributed by atoms with van der Waals surface area (Å²) in [5, 5.41) is 4.15. The molecule has 0 fully saturated rings. The molecule has 0 radical (unpaired) electrons. The van der Waals surface area contributed by atoms with Crippen LogP contribution in [0.5, 0.6) is 0 Å². The van der Waals surface area contributed by atoms with E-state index in [9.17, 15) is 0 Å². The van der Waals surface area contributed by atoms with Crippen molar-refractivity contribution in [1.82, 2.24) is 20.2 Å². The van der Waals surface area contributed by atoms with E-state index in [1.165, 1.54) is 5.56 Å². The minimum Gasteiger partial charge on any atom is -0.276 e. The average Bonchev–Trinajstić information content (AvgIpc) is 2.78. The molecule has 0 aliphatic carbocycles. The van der Waals surface area contributed by atoms with E-state index in [0.717, 1.165) is 23.0 Å². The van der Waals surface area contributed by atoms with Crippen LogP contribution in [0.4, 0.5) is 0 Å². The highest BCUT2D eigenvalue weighted by molar-refractivity contribution is 9.10. The smallest absolute Gasteiger partial charge is 0.0635 e. The zero-order valence-electron chi connectivity index (χ0n) is 10.2. The molecule has 0 aliphatic heterocycles. The lowest BCUT2D eigenvalue weighted by Gasteiger charge is -2.14. The summed E-state index contributed by atoms with van der Waals surface area (Å²) >= 11 is 3.37. The molecule has 2 heterocycles. The standard InChI is InChI=1S/C12H16BrN5/c1-18-8-9(6-16-18)2-4-12(17-14)11-5-3-10(13)7-15-11/h3,5-8,12,17H,2,4,14H2,1H3. The molecule has 18 heavy (non-hydrogen) atoms. The molecule has 1 unspecified atom stereocenters. The van der Waals surface area contributed by atoms with Crippen LogP contribution in [0.2, 0.25) is 0 Å². The Kier molecular flexibility index (Phi) is 4.46. The predicted octanol–water partition coefficient (Wildman–Crippen LogP) is 1.71. The molecule has 2 aromatic heterocycles. The van der Waals surface area contributed by atoms with E-state index in [1.807, 2.05) is 31.6 Å². The third-order valence-electron chi connectivity index (χ3n) is 2.79. The van der Waals surface area contributed by atoms with E-state index >= 15 is 0 Å². The number of rotatable bonds is 5. The van der Waals surface area contributed by atoms with Gasteiger partial charge in [0.1, 0.15) is 0 Å². The molecule has 0 saturated carbocycles. The first kappa shape index (κ1) is 13.2. The molecule has 1 atom stereocenters. The lowest BCUT2D eigenvalue weighted by Crippen LogP contribution is -2.29. The maximum absolute atomic E-state index is 5.59. The van der Waals surface area contributed by atoms with E-state index in [-0.39, 0.29) is 6.04 Å². The topological polar surface area (TPSA) is 68.8 Å². The Bertz CT molecular complexity index is 493. The molecule has 2 rings (SSSR count). The van der Waals surface area contributed by atoms with Gasteiger partial charge in [-0.2, -0.15) is 5.10 Å². The highest BCUT2D eigenvalue weighted by Gasteiger charge is 2.11. The van der Waals surface area contributed by atoms with Crippen molar-refractivity contribution in [2.24, 2.45) is 12.9 Å².